The molecule has 2 fully saturated rings. The minimum atomic E-state index is -5.99. The van der Waals surface area contributed by atoms with Crippen LogP contribution in [0.25, 0.3) is 11.0 Å². The Kier molecular flexibility index (Phi) is 7.40. The third-order valence-electron chi connectivity index (χ3n) is 6.68. The Morgan fingerprint density at radius 2 is 2.00 bits per heavy atom. The Balaban J connectivity index is 1.63. The van der Waals surface area contributed by atoms with E-state index in [0.717, 1.165) is 23.9 Å². The summed E-state index contributed by atoms with van der Waals surface area (Å²) in [6, 6.07) is 0.133. The van der Waals surface area contributed by atoms with E-state index in [9.17, 15) is 27.6 Å². The molecule has 2 aromatic rings. The summed E-state index contributed by atoms with van der Waals surface area (Å²) >= 11 is 6.10. The molecule has 7 atom stereocenters. The van der Waals surface area contributed by atoms with E-state index < -0.39 is 59.1 Å². The average Bonchev–Trinajstić information content (AvgIpc) is 3.46. The summed E-state index contributed by atoms with van der Waals surface area (Å²) < 4.78 is 53.2. The Bertz CT molecular complexity index is 1300. The summed E-state index contributed by atoms with van der Waals surface area (Å²) in [4.78, 5) is 26.6. The van der Waals surface area contributed by atoms with Crippen LogP contribution in [0.3, 0.4) is 0 Å². The number of nitrogens with zero attached hydrogens (tertiary/aromatic N) is 4. The van der Waals surface area contributed by atoms with E-state index in [-0.39, 0.29) is 17.0 Å². The molecule has 202 valence electrons. The van der Waals surface area contributed by atoms with E-state index in [0.29, 0.717) is 17.1 Å². The molecule has 1 aliphatic carbocycles. The Morgan fingerprint density at radius 3 is 2.58 bits per heavy atom. The number of aliphatic hydroxyl groups is 3. The van der Waals surface area contributed by atoms with Crippen LogP contribution in [0.15, 0.2) is 6.20 Å². The molecule has 0 amide bonds. The normalized spacial score (nSPS) is 31.1. The van der Waals surface area contributed by atoms with Crippen molar-refractivity contribution in [2.75, 3.05) is 17.7 Å². The lowest BCUT2D eigenvalue weighted by Crippen LogP contribution is -2.44. The van der Waals surface area contributed by atoms with Gasteiger partial charge < -0.3 is 35.2 Å². The third-order valence-corrected chi connectivity index (χ3v) is 11.3. The number of rotatable bonds is 8. The first kappa shape index (κ1) is 27.5. The lowest BCUT2D eigenvalue weighted by Gasteiger charge is -2.25. The lowest BCUT2D eigenvalue weighted by molar-refractivity contribution is -0.0366. The molecule has 2 aliphatic rings. The first-order valence-electron chi connectivity index (χ1n) is 11.0. The number of hydrogen-bond donors (Lipinski definition) is 6. The van der Waals surface area contributed by atoms with E-state index in [2.05, 4.69) is 27.3 Å². The van der Waals surface area contributed by atoms with Gasteiger partial charge in [-0.2, -0.15) is 15.1 Å². The topological polar surface area (TPSA) is 217 Å². The quantitative estimate of drug-likeness (QED) is 0.180. The summed E-state index contributed by atoms with van der Waals surface area (Å²) in [5.41, 5.74) is 0.0910. The molecule has 0 spiro atoms. The number of anilines is 1. The molecule has 0 radical (unpaired) electrons. The number of nitrogens with one attached hydrogen (secondary N) is 1. The van der Waals surface area contributed by atoms with Crippen LogP contribution in [-0.4, -0.2) is 94.7 Å². The van der Waals surface area contributed by atoms with Crippen molar-refractivity contribution in [2.24, 2.45) is 5.92 Å². The van der Waals surface area contributed by atoms with Crippen molar-refractivity contribution in [1.82, 2.24) is 19.7 Å². The standard InChI is InChI=1S/C18H26ClFN5O9PS/c1-8-3-2-4-10(8)22-14-9-5-21-25(15(9)24-17(19)23-14)16-13(28)12(27)11(34-16)6-36(32,33)18(20,7-26)35(29,30)31/h5,8,10-13,16,26-28H,2-4,6-7H2,1H3,(H,22,23,24)(H2,29,30,31)/t8?,10?,11-,12-,13-,16-,18?/m1/s1. The SMILES string of the molecule is CC1CCCC1Nc1nc(Cl)nc2c1cnn2[C@@H]1O[C@H](CS(=O)(=O)C(F)(CO)P(=O)(O)O)[C@@H](O)[C@H]1O. The van der Waals surface area contributed by atoms with Gasteiger partial charge in [0.1, 0.15) is 30.7 Å². The van der Waals surface area contributed by atoms with Crippen molar-refractivity contribution >= 4 is 45.9 Å². The van der Waals surface area contributed by atoms with Crippen molar-refractivity contribution in [3.8, 4) is 0 Å². The minimum absolute atomic E-state index is 0.0910. The fourth-order valence-electron chi connectivity index (χ4n) is 4.52. The highest BCUT2D eigenvalue weighted by molar-refractivity contribution is 7.99. The van der Waals surface area contributed by atoms with Crippen molar-refractivity contribution < 1.29 is 47.2 Å². The second-order valence-corrected chi connectivity index (χ2v) is 13.7. The number of fused-ring (bicyclic) bond motifs is 1. The van der Waals surface area contributed by atoms with Crippen molar-refractivity contribution in [2.45, 2.75) is 61.5 Å². The highest BCUT2D eigenvalue weighted by atomic mass is 35.5. The predicted octanol–water partition coefficient (Wildman–Crippen LogP) is -0.0925. The highest BCUT2D eigenvalue weighted by Gasteiger charge is 2.60. The molecule has 18 heteroatoms. The largest absolute Gasteiger partial charge is 0.391 e. The molecule has 2 aromatic heterocycles. The van der Waals surface area contributed by atoms with E-state index in [1.165, 1.54) is 6.20 Å². The van der Waals surface area contributed by atoms with Gasteiger partial charge in [-0.25, -0.2) is 17.5 Å². The van der Waals surface area contributed by atoms with Gasteiger partial charge in [-0.3, -0.25) is 4.57 Å². The number of aliphatic hydroxyl groups excluding tert-OH is 3. The van der Waals surface area contributed by atoms with Gasteiger partial charge in [-0.05, 0) is 30.4 Å². The molecular weight excluding hydrogens is 548 g/mol. The first-order valence-corrected chi connectivity index (χ1v) is 14.6. The van der Waals surface area contributed by atoms with E-state index in [1.807, 2.05) is 0 Å². The molecule has 3 unspecified atom stereocenters. The van der Waals surface area contributed by atoms with Gasteiger partial charge in [0.2, 0.25) is 15.1 Å². The number of sulfone groups is 1. The Hall–Kier alpha value is -1.49. The van der Waals surface area contributed by atoms with Gasteiger partial charge in [0.15, 0.2) is 11.9 Å². The zero-order valence-corrected chi connectivity index (χ0v) is 21.3. The number of alkyl halides is 1. The van der Waals surface area contributed by atoms with Gasteiger partial charge in [0.05, 0.1) is 17.3 Å². The summed E-state index contributed by atoms with van der Waals surface area (Å²) in [7, 11) is -11.4. The molecule has 4 rings (SSSR count). The molecule has 1 saturated heterocycles. The van der Waals surface area contributed by atoms with Crippen molar-refractivity contribution in [3.63, 3.8) is 0 Å². The van der Waals surface area contributed by atoms with Gasteiger partial charge in [-0.1, -0.05) is 13.3 Å². The van der Waals surface area contributed by atoms with E-state index >= 15 is 0 Å². The van der Waals surface area contributed by atoms with Crippen LogP contribution in [0.5, 0.6) is 0 Å². The molecule has 1 saturated carbocycles. The molecule has 14 nitrogen and oxygen atoms in total. The van der Waals surface area contributed by atoms with Crippen LogP contribution in [0.2, 0.25) is 5.28 Å². The van der Waals surface area contributed by atoms with Crippen molar-refractivity contribution in [3.05, 3.63) is 11.5 Å². The molecule has 36 heavy (non-hydrogen) atoms. The lowest BCUT2D eigenvalue weighted by atomic mass is 10.1. The number of hydrogen-bond acceptors (Lipinski definition) is 11. The molecule has 1 aliphatic heterocycles. The monoisotopic (exact) mass is 573 g/mol. The molecule has 6 N–H and O–H groups in total. The van der Waals surface area contributed by atoms with Crippen LogP contribution >= 0.6 is 19.2 Å². The summed E-state index contributed by atoms with van der Waals surface area (Å²) in [6.07, 6.45) is -2.66. The highest BCUT2D eigenvalue weighted by Crippen LogP contribution is 2.55. The smallest absolute Gasteiger partial charge is 0.380 e. The van der Waals surface area contributed by atoms with Crippen molar-refractivity contribution in [1.29, 1.82) is 0 Å². The third kappa shape index (κ3) is 4.63. The summed E-state index contributed by atoms with van der Waals surface area (Å²) in [5, 5.41) is 37.7. The molecule has 3 heterocycles. The van der Waals surface area contributed by atoms with Gasteiger partial charge in [0, 0.05) is 6.04 Å². The van der Waals surface area contributed by atoms with E-state index in [4.69, 9.17) is 31.2 Å². The van der Waals surface area contributed by atoms with Gasteiger partial charge in [-0.15, -0.1) is 0 Å². The van der Waals surface area contributed by atoms with E-state index in [1.54, 1.807) is 0 Å². The number of halogens is 2. The zero-order valence-electron chi connectivity index (χ0n) is 18.8. The second kappa shape index (κ2) is 9.67. The number of aromatic nitrogens is 4. The van der Waals surface area contributed by atoms with Crippen LogP contribution < -0.4 is 5.32 Å². The second-order valence-electron chi connectivity index (χ2n) is 9.05. The van der Waals surface area contributed by atoms with Crippen LogP contribution in [0.4, 0.5) is 10.2 Å². The minimum Gasteiger partial charge on any atom is -0.391 e. The maximum atomic E-state index is 14.7. The summed E-state index contributed by atoms with van der Waals surface area (Å²) in [5.74, 6) is -0.684. The van der Waals surface area contributed by atoms with Gasteiger partial charge in [0.25, 0.3) is 0 Å². The van der Waals surface area contributed by atoms with Crippen LogP contribution in [0, 0.1) is 5.92 Å². The summed E-state index contributed by atoms with van der Waals surface area (Å²) in [6.45, 7) is 0.0742. The predicted molar refractivity (Wildman–Crippen MR) is 123 cm³/mol. The maximum Gasteiger partial charge on any atom is 0.380 e. The molecule has 0 aromatic carbocycles. The maximum absolute atomic E-state index is 14.7. The molecular formula is C18H26ClFN5O9PS. The molecule has 0 bridgehead atoms. The van der Waals surface area contributed by atoms with Crippen LogP contribution in [0.1, 0.15) is 32.4 Å². The number of ether oxygens (including phenoxy) is 1. The first-order chi connectivity index (χ1) is 16.7. The Morgan fingerprint density at radius 1 is 1.31 bits per heavy atom. The average molecular weight is 574 g/mol. The fourth-order valence-corrected chi connectivity index (χ4v) is 7.70. The Labute approximate surface area is 209 Å². The van der Waals surface area contributed by atoms with Gasteiger partial charge >= 0.3 is 12.3 Å². The zero-order chi connectivity index (χ0) is 26.6. The van der Waals surface area contributed by atoms with Crippen LogP contribution in [-0.2, 0) is 19.1 Å². The fraction of sp³-hybridized carbons (Fsp3) is 0.722.